The Morgan fingerprint density at radius 2 is 1.94 bits per heavy atom. The van der Waals surface area contributed by atoms with Crippen LogP contribution in [0, 0.1) is 5.82 Å². The summed E-state index contributed by atoms with van der Waals surface area (Å²) in [4.78, 5) is 16.2. The lowest BCUT2D eigenvalue weighted by Gasteiger charge is -2.10. The van der Waals surface area contributed by atoms with E-state index in [0.717, 1.165) is 17.3 Å². The molecule has 0 spiro atoms. The predicted molar refractivity (Wildman–Crippen MR) is 133 cm³/mol. The number of aromatic amines is 1. The first-order chi connectivity index (χ1) is 16.4. The number of H-pyrrole nitrogens is 1. The first-order valence-electron chi connectivity index (χ1n) is 9.86. The van der Waals surface area contributed by atoms with Gasteiger partial charge in [-0.05, 0) is 81.8 Å². The van der Waals surface area contributed by atoms with Gasteiger partial charge in [-0.2, -0.15) is 0 Å². The van der Waals surface area contributed by atoms with E-state index in [4.69, 9.17) is 16.3 Å². The molecule has 0 aliphatic carbocycles. The summed E-state index contributed by atoms with van der Waals surface area (Å²) in [5.74, 6) is -0.444. The molecule has 0 saturated carbocycles. The number of carbonyl (C=O) groups is 1. The van der Waals surface area contributed by atoms with Gasteiger partial charge in [0.25, 0.3) is 0 Å². The monoisotopic (exact) mass is 559 g/mol. The van der Waals surface area contributed by atoms with Crippen LogP contribution in [0.5, 0.6) is 5.75 Å². The molecule has 4 rings (SSSR count). The van der Waals surface area contributed by atoms with Gasteiger partial charge in [0.05, 0.1) is 4.47 Å². The van der Waals surface area contributed by atoms with Gasteiger partial charge >= 0.3 is 5.97 Å². The van der Waals surface area contributed by atoms with Gasteiger partial charge in [0.1, 0.15) is 23.1 Å². The molecule has 10 heteroatoms. The Kier molecular flexibility index (Phi) is 7.66. The fourth-order valence-corrected chi connectivity index (χ4v) is 4.25. The number of benzene rings is 3. The Labute approximate surface area is 212 Å². The van der Waals surface area contributed by atoms with Gasteiger partial charge < -0.3 is 9.84 Å². The van der Waals surface area contributed by atoms with Crippen molar-refractivity contribution in [2.45, 2.75) is 11.8 Å². The van der Waals surface area contributed by atoms with Crippen molar-refractivity contribution in [2.75, 3.05) is 0 Å². The summed E-state index contributed by atoms with van der Waals surface area (Å²) >= 11 is 10.3. The summed E-state index contributed by atoms with van der Waals surface area (Å²) in [7, 11) is 0. The summed E-state index contributed by atoms with van der Waals surface area (Å²) in [5.41, 5.74) is 1.84. The van der Waals surface area contributed by atoms with Gasteiger partial charge in [-0.15, -0.1) is 5.10 Å². The Morgan fingerprint density at radius 1 is 1.18 bits per heavy atom. The second-order valence-electron chi connectivity index (χ2n) is 6.96. The van der Waals surface area contributed by atoms with Crippen LogP contribution in [-0.2, 0) is 11.4 Å². The number of halogens is 3. The third-order valence-corrected chi connectivity index (χ3v) is 6.34. The number of aromatic nitrogens is 3. The zero-order valence-corrected chi connectivity index (χ0v) is 20.5. The van der Waals surface area contributed by atoms with Gasteiger partial charge in [0, 0.05) is 16.1 Å². The van der Waals surface area contributed by atoms with E-state index in [-0.39, 0.29) is 22.5 Å². The number of carboxylic acid groups (broad SMARTS) is 1. The van der Waals surface area contributed by atoms with Crippen molar-refractivity contribution in [1.29, 1.82) is 0 Å². The summed E-state index contributed by atoms with van der Waals surface area (Å²) in [5, 5.41) is 17.4. The number of hydrogen-bond donors (Lipinski definition) is 2. The van der Waals surface area contributed by atoms with Crippen LogP contribution < -0.4 is 4.74 Å². The number of thioether (sulfide) groups is 1. The molecule has 34 heavy (non-hydrogen) atoms. The first kappa shape index (κ1) is 24.0. The third kappa shape index (κ3) is 6.05. The first-order valence-corrected chi connectivity index (χ1v) is 11.8. The molecule has 0 unspecified atom stereocenters. The van der Waals surface area contributed by atoms with Crippen molar-refractivity contribution in [3.8, 4) is 17.1 Å². The second kappa shape index (κ2) is 10.9. The van der Waals surface area contributed by atoms with Crippen molar-refractivity contribution in [1.82, 2.24) is 15.2 Å². The second-order valence-corrected chi connectivity index (χ2v) is 9.26. The zero-order chi connectivity index (χ0) is 24.1. The molecule has 0 amide bonds. The predicted octanol–water partition coefficient (Wildman–Crippen LogP) is 6.82. The average Bonchev–Trinajstić information content (AvgIpc) is 3.28. The number of aliphatic carboxylic acids is 1. The van der Waals surface area contributed by atoms with Crippen LogP contribution in [0.3, 0.4) is 0 Å². The van der Waals surface area contributed by atoms with Gasteiger partial charge in [-0.1, -0.05) is 35.9 Å². The van der Waals surface area contributed by atoms with Crippen molar-refractivity contribution >= 4 is 51.3 Å². The van der Waals surface area contributed by atoms with E-state index in [0.29, 0.717) is 32.2 Å². The highest BCUT2D eigenvalue weighted by molar-refractivity contribution is 9.10. The van der Waals surface area contributed by atoms with Crippen molar-refractivity contribution in [3.63, 3.8) is 0 Å². The van der Waals surface area contributed by atoms with Gasteiger partial charge in [0.2, 0.25) is 5.16 Å². The lowest BCUT2D eigenvalue weighted by molar-refractivity contribution is -0.131. The molecule has 1 heterocycles. The molecule has 1 aromatic heterocycles. The Morgan fingerprint density at radius 3 is 2.65 bits per heavy atom. The summed E-state index contributed by atoms with van der Waals surface area (Å²) in [6, 6.07) is 18.5. The molecule has 0 saturated heterocycles. The van der Waals surface area contributed by atoms with Crippen LogP contribution >= 0.6 is 39.3 Å². The minimum absolute atomic E-state index is 0.0357. The van der Waals surface area contributed by atoms with E-state index >= 15 is 0 Å². The van der Waals surface area contributed by atoms with Crippen LogP contribution in [-0.4, -0.2) is 26.3 Å². The van der Waals surface area contributed by atoms with E-state index in [1.165, 1.54) is 12.1 Å². The third-order valence-electron chi connectivity index (χ3n) is 4.59. The molecule has 3 aromatic carbocycles. The SMILES string of the molecule is O=C(O)/C(=C/c1ccc(OCc2ccccc2F)c(Br)c1)Sc1n[nH]c(-c2ccc(Cl)cc2)n1. The Balaban J connectivity index is 1.48. The highest BCUT2D eigenvalue weighted by atomic mass is 79.9. The molecular formula is C24H16BrClFN3O3S. The van der Waals surface area contributed by atoms with Crippen LogP contribution in [0.2, 0.25) is 5.02 Å². The van der Waals surface area contributed by atoms with Crippen molar-refractivity contribution in [2.24, 2.45) is 0 Å². The van der Waals surface area contributed by atoms with Gasteiger partial charge in [-0.3, -0.25) is 5.10 Å². The molecule has 4 aromatic rings. The minimum atomic E-state index is -1.11. The number of hydrogen-bond acceptors (Lipinski definition) is 5. The molecule has 0 fully saturated rings. The maximum absolute atomic E-state index is 13.8. The summed E-state index contributed by atoms with van der Waals surface area (Å²) in [6.07, 6.45) is 1.51. The Hall–Kier alpha value is -3.14. The summed E-state index contributed by atoms with van der Waals surface area (Å²) in [6.45, 7) is 0.0669. The molecule has 0 aliphatic rings. The van der Waals surface area contributed by atoms with Crippen LogP contribution in [0.25, 0.3) is 17.5 Å². The molecule has 0 bridgehead atoms. The number of rotatable bonds is 8. The maximum atomic E-state index is 13.8. The van der Waals surface area contributed by atoms with Gasteiger partial charge in [-0.25, -0.2) is 14.2 Å². The normalized spacial score (nSPS) is 11.4. The number of ether oxygens (including phenoxy) is 1. The van der Waals surface area contributed by atoms with E-state index < -0.39 is 5.97 Å². The van der Waals surface area contributed by atoms with Gasteiger partial charge in [0.15, 0.2) is 5.82 Å². The van der Waals surface area contributed by atoms with Crippen LogP contribution in [0.4, 0.5) is 4.39 Å². The van der Waals surface area contributed by atoms with Crippen LogP contribution in [0.15, 0.2) is 81.3 Å². The minimum Gasteiger partial charge on any atom is -0.488 e. The fourth-order valence-electron chi connectivity index (χ4n) is 2.91. The van der Waals surface area contributed by atoms with Crippen LogP contribution in [0.1, 0.15) is 11.1 Å². The van der Waals surface area contributed by atoms with E-state index in [1.807, 2.05) is 0 Å². The maximum Gasteiger partial charge on any atom is 0.342 e. The molecule has 0 radical (unpaired) electrons. The molecule has 172 valence electrons. The Bertz CT molecular complexity index is 1360. The lowest BCUT2D eigenvalue weighted by Crippen LogP contribution is -1.99. The standard InChI is InChI=1S/C24H16BrClFN3O3S/c25-18-11-14(5-10-20(18)33-13-16-3-1-2-4-19(16)27)12-21(23(31)32)34-24-28-22(29-30-24)15-6-8-17(26)9-7-15/h1-12H,13H2,(H,31,32)(H,28,29,30)/b21-12-. The lowest BCUT2D eigenvalue weighted by atomic mass is 10.2. The molecule has 0 aliphatic heterocycles. The zero-order valence-electron chi connectivity index (χ0n) is 17.3. The smallest absolute Gasteiger partial charge is 0.342 e. The number of nitrogens with one attached hydrogen (secondary N) is 1. The molecule has 0 atom stereocenters. The number of carboxylic acids is 1. The highest BCUT2D eigenvalue weighted by Crippen LogP contribution is 2.31. The molecule has 6 nitrogen and oxygen atoms in total. The fraction of sp³-hybridized carbons (Fsp3) is 0.0417. The van der Waals surface area contributed by atoms with E-state index in [1.54, 1.807) is 60.7 Å². The van der Waals surface area contributed by atoms with Crippen molar-refractivity contribution < 1.29 is 19.0 Å². The van der Waals surface area contributed by atoms with E-state index in [9.17, 15) is 14.3 Å². The molecule has 2 N–H and O–H groups in total. The highest BCUT2D eigenvalue weighted by Gasteiger charge is 2.15. The topological polar surface area (TPSA) is 88.1 Å². The largest absolute Gasteiger partial charge is 0.488 e. The molecular weight excluding hydrogens is 545 g/mol. The van der Waals surface area contributed by atoms with E-state index in [2.05, 4.69) is 31.1 Å². The quantitative estimate of drug-likeness (QED) is 0.182. The van der Waals surface area contributed by atoms with Crippen molar-refractivity contribution in [3.05, 3.63) is 98.1 Å². The number of nitrogens with zero attached hydrogens (tertiary/aromatic N) is 2. The summed E-state index contributed by atoms with van der Waals surface area (Å²) < 4.78 is 20.1. The average molecular weight is 561 g/mol.